The van der Waals surface area contributed by atoms with E-state index in [1.807, 2.05) is 24.3 Å². The Hall–Kier alpha value is -3.92. The average Bonchev–Trinajstić information content (AvgIpc) is 2.82. The number of nitro benzene ring substituents is 2. The van der Waals surface area contributed by atoms with Gasteiger partial charge in [0, 0.05) is 35.0 Å². The Morgan fingerprint density at radius 3 is 1.76 bits per heavy atom. The topological polar surface area (TPSA) is 110 Å². The van der Waals surface area contributed by atoms with Gasteiger partial charge in [-0.2, -0.15) is 0 Å². The quantitative estimate of drug-likeness (QED) is 0.335. The summed E-state index contributed by atoms with van der Waals surface area (Å²) >= 11 is 1.51. The molecule has 0 spiro atoms. The molecule has 3 aromatic rings. The summed E-state index contributed by atoms with van der Waals surface area (Å²) in [5.74, 6) is -0.576. The lowest BCUT2D eigenvalue weighted by molar-refractivity contribution is -0.392. The van der Waals surface area contributed by atoms with Crippen molar-refractivity contribution in [3.8, 4) is 0 Å². The number of carbonyl (C=O) groups excluding carboxylic acids is 1. The molecule has 0 radical (unpaired) electrons. The molecular formula is C23H20N4O5S. The van der Waals surface area contributed by atoms with Crippen molar-refractivity contribution in [2.24, 2.45) is 0 Å². The summed E-state index contributed by atoms with van der Waals surface area (Å²) in [7, 11) is 0. The minimum atomic E-state index is -0.675. The molecule has 4 rings (SSSR count). The van der Waals surface area contributed by atoms with E-state index in [1.54, 1.807) is 43.0 Å². The third kappa shape index (κ3) is 3.89. The number of hydrogen-bond donors (Lipinski definition) is 0. The Kier molecular flexibility index (Phi) is 6.01. The van der Waals surface area contributed by atoms with E-state index in [-0.39, 0.29) is 11.3 Å². The maximum Gasteiger partial charge on any atom is 0.300 e. The number of amides is 1. The first-order chi connectivity index (χ1) is 15.9. The number of nitrogens with zero attached hydrogens (tertiary/aromatic N) is 4. The first-order valence-corrected chi connectivity index (χ1v) is 11.1. The molecule has 0 fully saturated rings. The normalized spacial score (nSPS) is 12.0. The summed E-state index contributed by atoms with van der Waals surface area (Å²) in [6.45, 7) is 4.20. The molecule has 168 valence electrons. The average molecular weight is 465 g/mol. The van der Waals surface area contributed by atoms with Crippen molar-refractivity contribution in [1.29, 1.82) is 0 Å². The van der Waals surface area contributed by atoms with E-state index in [0.717, 1.165) is 21.9 Å². The minimum absolute atomic E-state index is 0.0958. The maximum atomic E-state index is 13.8. The van der Waals surface area contributed by atoms with Gasteiger partial charge in [-0.05, 0) is 38.1 Å². The van der Waals surface area contributed by atoms with Crippen LogP contribution < -0.4 is 9.80 Å². The number of anilines is 3. The highest BCUT2D eigenvalue weighted by Crippen LogP contribution is 2.49. The third-order valence-corrected chi connectivity index (χ3v) is 6.56. The number of fused-ring (bicyclic) bond motifs is 2. The van der Waals surface area contributed by atoms with Gasteiger partial charge in [0.1, 0.15) is 0 Å². The number of hydrogen-bond acceptors (Lipinski definition) is 7. The fourth-order valence-electron chi connectivity index (χ4n) is 3.92. The van der Waals surface area contributed by atoms with Gasteiger partial charge in [-0.25, -0.2) is 0 Å². The summed E-state index contributed by atoms with van der Waals surface area (Å²) in [6.07, 6.45) is 0. The molecule has 1 heterocycles. The molecule has 0 saturated carbocycles. The van der Waals surface area contributed by atoms with E-state index >= 15 is 0 Å². The zero-order valence-electron chi connectivity index (χ0n) is 17.9. The van der Waals surface area contributed by atoms with Gasteiger partial charge in [0.05, 0.1) is 26.8 Å². The predicted octanol–water partition coefficient (Wildman–Crippen LogP) is 5.79. The molecule has 1 amide bonds. The molecule has 0 bridgehead atoms. The van der Waals surface area contributed by atoms with Crippen LogP contribution in [-0.4, -0.2) is 28.8 Å². The second-order valence-corrected chi connectivity index (χ2v) is 8.31. The fourth-order valence-corrected chi connectivity index (χ4v) is 4.98. The monoisotopic (exact) mass is 464 g/mol. The molecule has 33 heavy (non-hydrogen) atoms. The van der Waals surface area contributed by atoms with Crippen molar-refractivity contribution in [2.45, 2.75) is 23.6 Å². The molecule has 1 aliphatic heterocycles. The van der Waals surface area contributed by atoms with Crippen LogP contribution in [0.25, 0.3) is 0 Å². The van der Waals surface area contributed by atoms with Crippen molar-refractivity contribution >= 4 is 46.1 Å². The summed E-state index contributed by atoms with van der Waals surface area (Å²) in [5.41, 5.74) is 0.0735. The van der Waals surface area contributed by atoms with Crippen molar-refractivity contribution in [3.05, 3.63) is 86.5 Å². The Bertz CT molecular complexity index is 1190. The van der Waals surface area contributed by atoms with Gasteiger partial charge in [0.25, 0.3) is 17.3 Å². The van der Waals surface area contributed by atoms with E-state index in [4.69, 9.17) is 0 Å². The Balaban J connectivity index is 1.93. The van der Waals surface area contributed by atoms with Gasteiger partial charge in [-0.15, -0.1) is 0 Å². The largest absolute Gasteiger partial charge is 0.361 e. The third-order valence-electron chi connectivity index (χ3n) is 5.43. The number of carbonyl (C=O) groups is 1. The first-order valence-electron chi connectivity index (χ1n) is 10.3. The SMILES string of the molecule is CCN(CC)c1c([N+](=O)[O-])cc(C(=O)N2c3ccccc3Sc3ccccc32)cc1[N+](=O)[O-]. The highest BCUT2D eigenvalue weighted by atomic mass is 32.2. The second-order valence-electron chi connectivity index (χ2n) is 7.23. The molecule has 0 unspecified atom stereocenters. The standard InChI is InChI=1S/C23H20N4O5S/c1-3-24(4-2)22-18(26(29)30)13-15(14-19(22)27(31)32)23(28)25-16-9-5-7-11-20(16)33-21-12-8-6-10-17(21)25/h5-14H,3-4H2,1-2H3. The lowest BCUT2D eigenvalue weighted by Crippen LogP contribution is -2.29. The van der Waals surface area contributed by atoms with Crippen molar-refractivity contribution < 1.29 is 14.6 Å². The number of nitro groups is 2. The van der Waals surface area contributed by atoms with Gasteiger partial charge in [0.15, 0.2) is 5.69 Å². The molecule has 0 N–H and O–H groups in total. The second kappa shape index (κ2) is 8.91. The van der Waals surface area contributed by atoms with Crippen LogP contribution in [0.2, 0.25) is 0 Å². The summed E-state index contributed by atoms with van der Waals surface area (Å²) in [6, 6.07) is 16.9. The van der Waals surface area contributed by atoms with Crippen LogP contribution in [0.5, 0.6) is 0 Å². The number of para-hydroxylation sites is 2. The van der Waals surface area contributed by atoms with Crippen molar-refractivity contribution in [2.75, 3.05) is 22.9 Å². The summed E-state index contributed by atoms with van der Waals surface area (Å²) in [5, 5.41) is 23.8. The van der Waals surface area contributed by atoms with Gasteiger partial charge in [-0.1, -0.05) is 36.0 Å². The summed E-state index contributed by atoms with van der Waals surface area (Å²) < 4.78 is 0. The Labute approximate surface area is 193 Å². The van der Waals surface area contributed by atoms with E-state index < -0.39 is 27.1 Å². The predicted molar refractivity (Wildman–Crippen MR) is 127 cm³/mol. The van der Waals surface area contributed by atoms with Crippen molar-refractivity contribution in [1.82, 2.24) is 0 Å². The Morgan fingerprint density at radius 2 is 1.33 bits per heavy atom. The fraction of sp³-hybridized carbons (Fsp3) is 0.174. The molecule has 0 saturated heterocycles. The number of rotatable bonds is 6. The molecule has 10 heteroatoms. The smallest absolute Gasteiger partial charge is 0.300 e. The van der Waals surface area contributed by atoms with Crippen LogP contribution in [-0.2, 0) is 0 Å². The summed E-state index contributed by atoms with van der Waals surface area (Å²) in [4.78, 5) is 40.9. The van der Waals surface area contributed by atoms with Crippen LogP contribution in [0.15, 0.2) is 70.5 Å². The van der Waals surface area contributed by atoms with Crippen LogP contribution >= 0.6 is 11.8 Å². The van der Waals surface area contributed by atoms with Gasteiger partial charge in [0.2, 0.25) is 0 Å². The molecule has 0 aliphatic carbocycles. The minimum Gasteiger partial charge on any atom is -0.361 e. The molecular weight excluding hydrogens is 444 g/mol. The van der Waals surface area contributed by atoms with Crippen LogP contribution in [0.1, 0.15) is 24.2 Å². The van der Waals surface area contributed by atoms with E-state index in [2.05, 4.69) is 0 Å². The molecule has 9 nitrogen and oxygen atoms in total. The van der Waals surface area contributed by atoms with E-state index in [0.29, 0.717) is 24.5 Å². The molecule has 0 atom stereocenters. The van der Waals surface area contributed by atoms with E-state index in [9.17, 15) is 25.0 Å². The Morgan fingerprint density at radius 1 is 0.879 bits per heavy atom. The van der Waals surface area contributed by atoms with Gasteiger partial charge < -0.3 is 4.90 Å². The molecule has 1 aliphatic rings. The van der Waals surface area contributed by atoms with Crippen LogP contribution in [0.3, 0.4) is 0 Å². The molecule has 3 aromatic carbocycles. The zero-order valence-corrected chi connectivity index (χ0v) is 18.7. The molecule has 0 aromatic heterocycles. The zero-order chi connectivity index (χ0) is 23.7. The van der Waals surface area contributed by atoms with Crippen molar-refractivity contribution in [3.63, 3.8) is 0 Å². The lowest BCUT2D eigenvalue weighted by Gasteiger charge is -2.31. The van der Waals surface area contributed by atoms with E-state index in [1.165, 1.54) is 16.7 Å². The maximum absolute atomic E-state index is 13.8. The van der Waals surface area contributed by atoms with Gasteiger partial charge >= 0.3 is 0 Å². The highest BCUT2D eigenvalue weighted by Gasteiger charge is 2.35. The number of benzene rings is 3. The van der Waals surface area contributed by atoms with Gasteiger partial charge in [-0.3, -0.25) is 29.9 Å². The highest BCUT2D eigenvalue weighted by molar-refractivity contribution is 7.99. The lowest BCUT2D eigenvalue weighted by atomic mass is 10.1. The first kappa shape index (κ1) is 22.3. The van der Waals surface area contributed by atoms with Crippen LogP contribution in [0, 0.1) is 20.2 Å². The van der Waals surface area contributed by atoms with Crippen LogP contribution in [0.4, 0.5) is 28.4 Å².